The minimum Gasteiger partial charge on any atom is -0.379 e. The van der Waals surface area contributed by atoms with Gasteiger partial charge in [-0.15, -0.1) is 0 Å². The summed E-state index contributed by atoms with van der Waals surface area (Å²) in [4.78, 5) is 14.0. The lowest BCUT2D eigenvalue weighted by molar-refractivity contribution is -0.122. The molecule has 2 atom stereocenters. The standard InChI is InChI=1S/C14H28N2O3/c1-11(2)19-7-5-14(17)15-9-12(3)16-6-8-18-10-13(16)4/h11-13H,5-10H2,1-4H3,(H,15,17)/t12-,13-/m0/s1. The van der Waals surface area contributed by atoms with Crippen molar-refractivity contribution in [2.75, 3.05) is 32.9 Å². The van der Waals surface area contributed by atoms with E-state index in [0.29, 0.717) is 31.7 Å². The van der Waals surface area contributed by atoms with E-state index in [9.17, 15) is 4.79 Å². The zero-order chi connectivity index (χ0) is 14.3. The molecule has 112 valence electrons. The van der Waals surface area contributed by atoms with E-state index in [-0.39, 0.29) is 12.0 Å². The van der Waals surface area contributed by atoms with Crippen molar-refractivity contribution in [3.05, 3.63) is 0 Å². The number of nitrogens with one attached hydrogen (secondary N) is 1. The number of morpholine rings is 1. The van der Waals surface area contributed by atoms with E-state index in [0.717, 1.165) is 19.8 Å². The van der Waals surface area contributed by atoms with Gasteiger partial charge in [-0.25, -0.2) is 0 Å². The molecule has 0 aliphatic carbocycles. The molecule has 0 bridgehead atoms. The molecule has 0 aromatic carbocycles. The summed E-state index contributed by atoms with van der Waals surface area (Å²) in [7, 11) is 0. The van der Waals surface area contributed by atoms with E-state index in [1.807, 2.05) is 13.8 Å². The third-order valence-corrected chi connectivity index (χ3v) is 3.36. The summed E-state index contributed by atoms with van der Waals surface area (Å²) in [6.45, 7) is 11.9. The molecule has 0 aromatic rings. The molecule has 1 aliphatic rings. The van der Waals surface area contributed by atoms with Crippen LogP contribution in [0, 0.1) is 0 Å². The quantitative estimate of drug-likeness (QED) is 0.752. The van der Waals surface area contributed by atoms with Crippen molar-refractivity contribution in [1.82, 2.24) is 10.2 Å². The van der Waals surface area contributed by atoms with Crippen molar-refractivity contribution < 1.29 is 14.3 Å². The van der Waals surface area contributed by atoms with Gasteiger partial charge in [-0.05, 0) is 27.7 Å². The zero-order valence-electron chi connectivity index (χ0n) is 12.6. The van der Waals surface area contributed by atoms with Gasteiger partial charge in [-0.1, -0.05) is 0 Å². The maximum absolute atomic E-state index is 11.7. The van der Waals surface area contributed by atoms with Gasteiger partial charge < -0.3 is 14.8 Å². The van der Waals surface area contributed by atoms with Gasteiger partial charge >= 0.3 is 0 Å². The fourth-order valence-corrected chi connectivity index (χ4v) is 2.25. The average molecular weight is 272 g/mol. The topological polar surface area (TPSA) is 50.8 Å². The maximum atomic E-state index is 11.7. The number of carbonyl (C=O) groups excluding carboxylic acids is 1. The van der Waals surface area contributed by atoms with Gasteiger partial charge in [0.1, 0.15) is 0 Å². The van der Waals surface area contributed by atoms with Crippen molar-refractivity contribution in [2.45, 2.75) is 52.3 Å². The second-order valence-electron chi connectivity index (χ2n) is 5.48. The monoisotopic (exact) mass is 272 g/mol. The van der Waals surface area contributed by atoms with Gasteiger partial charge in [0.05, 0.1) is 25.9 Å². The van der Waals surface area contributed by atoms with E-state index in [4.69, 9.17) is 9.47 Å². The molecule has 19 heavy (non-hydrogen) atoms. The fraction of sp³-hybridized carbons (Fsp3) is 0.929. The van der Waals surface area contributed by atoms with E-state index < -0.39 is 0 Å². The molecule has 0 saturated carbocycles. The Labute approximate surface area is 116 Å². The van der Waals surface area contributed by atoms with Crippen LogP contribution in [-0.4, -0.2) is 61.9 Å². The summed E-state index contributed by atoms with van der Waals surface area (Å²) in [6, 6.07) is 0.763. The normalized spacial score (nSPS) is 22.5. The summed E-state index contributed by atoms with van der Waals surface area (Å²) in [5.74, 6) is 0.0633. The molecule has 1 heterocycles. The van der Waals surface area contributed by atoms with Crippen molar-refractivity contribution >= 4 is 5.91 Å². The van der Waals surface area contributed by atoms with Crippen LogP contribution >= 0.6 is 0 Å². The molecule has 0 unspecified atom stereocenters. The molecule has 1 N–H and O–H groups in total. The number of amides is 1. The van der Waals surface area contributed by atoms with Crippen LogP contribution in [-0.2, 0) is 14.3 Å². The van der Waals surface area contributed by atoms with Crippen molar-refractivity contribution in [2.24, 2.45) is 0 Å². The smallest absolute Gasteiger partial charge is 0.222 e. The Kier molecular flexibility index (Phi) is 7.34. The van der Waals surface area contributed by atoms with Gasteiger partial charge in [0.2, 0.25) is 5.91 Å². The lowest BCUT2D eigenvalue weighted by Crippen LogP contribution is -2.51. The van der Waals surface area contributed by atoms with E-state index in [1.54, 1.807) is 0 Å². The number of nitrogens with zero attached hydrogens (tertiary/aromatic N) is 1. The van der Waals surface area contributed by atoms with E-state index in [2.05, 4.69) is 24.1 Å². The average Bonchev–Trinajstić information content (AvgIpc) is 2.36. The molecule has 5 nitrogen and oxygen atoms in total. The Hall–Kier alpha value is -0.650. The van der Waals surface area contributed by atoms with Crippen LogP contribution in [0.1, 0.15) is 34.1 Å². The fourth-order valence-electron chi connectivity index (χ4n) is 2.25. The highest BCUT2D eigenvalue weighted by atomic mass is 16.5. The molecule has 0 aromatic heterocycles. The van der Waals surface area contributed by atoms with Crippen LogP contribution < -0.4 is 5.32 Å². The third kappa shape index (κ3) is 6.36. The number of carbonyl (C=O) groups is 1. The highest BCUT2D eigenvalue weighted by Crippen LogP contribution is 2.10. The predicted molar refractivity (Wildman–Crippen MR) is 75.2 cm³/mol. The number of hydrogen-bond acceptors (Lipinski definition) is 4. The molecule has 5 heteroatoms. The number of rotatable bonds is 7. The van der Waals surface area contributed by atoms with Gasteiger partial charge in [0.15, 0.2) is 0 Å². The molecular formula is C14H28N2O3. The molecule has 1 saturated heterocycles. The molecule has 1 fully saturated rings. The zero-order valence-corrected chi connectivity index (χ0v) is 12.6. The van der Waals surface area contributed by atoms with Gasteiger partial charge in [0.25, 0.3) is 0 Å². The number of ether oxygens (including phenoxy) is 2. The van der Waals surface area contributed by atoms with Crippen LogP contribution in [0.2, 0.25) is 0 Å². The molecule has 1 amide bonds. The Balaban J connectivity index is 2.18. The van der Waals surface area contributed by atoms with E-state index >= 15 is 0 Å². The predicted octanol–water partition coefficient (Wildman–Crippen LogP) is 1.03. The second kappa shape index (κ2) is 8.51. The lowest BCUT2D eigenvalue weighted by Gasteiger charge is -2.37. The van der Waals surface area contributed by atoms with E-state index in [1.165, 1.54) is 0 Å². The van der Waals surface area contributed by atoms with Crippen molar-refractivity contribution in [1.29, 1.82) is 0 Å². The first-order chi connectivity index (χ1) is 9.00. The molecule has 0 spiro atoms. The van der Waals surface area contributed by atoms with Crippen LogP contribution in [0.15, 0.2) is 0 Å². The highest BCUT2D eigenvalue weighted by molar-refractivity contribution is 5.75. The summed E-state index contributed by atoms with van der Waals surface area (Å²) >= 11 is 0. The van der Waals surface area contributed by atoms with Crippen molar-refractivity contribution in [3.63, 3.8) is 0 Å². The first-order valence-corrected chi connectivity index (χ1v) is 7.22. The van der Waals surface area contributed by atoms with Crippen LogP contribution in [0.3, 0.4) is 0 Å². The van der Waals surface area contributed by atoms with Crippen LogP contribution in [0.25, 0.3) is 0 Å². The van der Waals surface area contributed by atoms with Gasteiger partial charge in [0, 0.05) is 31.6 Å². The second-order valence-corrected chi connectivity index (χ2v) is 5.48. The minimum absolute atomic E-state index is 0.0633. The molecule has 1 rings (SSSR count). The molecule has 1 aliphatic heterocycles. The first kappa shape index (κ1) is 16.4. The summed E-state index contributed by atoms with van der Waals surface area (Å²) < 4.78 is 10.8. The van der Waals surface area contributed by atoms with Crippen LogP contribution in [0.5, 0.6) is 0 Å². The summed E-state index contributed by atoms with van der Waals surface area (Å²) in [5.41, 5.74) is 0. The number of hydrogen-bond donors (Lipinski definition) is 1. The third-order valence-electron chi connectivity index (χ3n) is 3.36. The Morgan fingerprint density at radius 2 is 2.21 bits per heavy atom. The first-order valence-electron chi connectivity index (χ1n) is 7.22. The summed E-state index contributed by atoms with van der Waals surface area (Å²) in [5, 5.41) is 2.97. The Morgan fingerprint density at radius 1 is 1.47 bits per heavy atom. The van der Waals surface area contributed by atoms with Gasteiger partial charge in [-0.2, -0.15) is 0 Å². The lowest BCUT2D eigenvalue weighted by atomic mass is 10.2. The summed E-state index contributed by atoms with van der Waals surface area (Å²) in [6.07, 6.45) is 0.616. The minimum atomic E-state index is 0.0633. The molecular weight excluding hydrogens is 244 g/mol. The van der Waals surface area contributed by atoms with Crippen LogP contribution in [0.4, 0.5) is 0 Å². The maximum Gasteiger partial charge on any atom is 0.222 e. The highest BCUT2D eigenvalue weighted by Gasteiger charge is 2.23. The Morgan fingerprint density at radius 3 is 2.84 bits per heavy atom. The van der Waals surface area contributed by atoms with Crippen molar-refractivity contribution in [3.8, 4) is 0 Å². The Bertz CT molecular complexity index is 271. The largest absolute Gasteiger partial charge is 0.379 e. The molecule has 0 radical (unpaired) electrons. The SMILES string of the molecule is CC(C)OCCC(=O)NC[C@H](C)N1CCOC[C@@H]1C. The van der Waals surface area contributed by atoms with Gasteiger partial charge in [-0.3, -0.25) is 9.69 Å².